The highest BCUT2D eigenvalue weighted by molar-refractivity contribution is 5.36. The van der Waals surface area contributed by atoms with Crippen LogP contribution in [0.2, 0.25) is 0 Å². The minimum Gasteiger partial charge on any atom is -0.383 e. The maximum atomic E-state index is 5.79. The molecular weight excluding hydrogens is 244 g/mol. The predicted molar refractivity (Wildman–Crippen MR) is 73.3 cm³/mol. The number of hydrogen-bond donors (Lipinski definition) is 1. The lowest BCUT2D eigenvalue weighted by Crippen LogP contribution is -2.35. The molecule has 2 heterocycles. The van der Waals surface area contributed by atoms with Crippen LogP contribution in [0, 0.1) is 6.92 Å². The molecule has 0 aromatic carbocycles. The molecule has 1 atom stereocenters. The molecule has 1 fully saturated rings. The van der Waals surface area contributed by atoms with Crippen molar-refractivity contribution in [1.82, 2.24) is 14.9 Å². The van der Waals surface area contributed by atoms with Gasteiger partial charge in [0.2, 0.25) is 0 Å². The number of morpholine rings is 1. The van der Waals surface area contributed by atoms with E-state index in [0.717, 1.165) is 43.6 Å². The normalized spacial score (nSPS) is 20.5. The van der Waals surface area contributed by atoms with E-state index in [1.807, 2.05) is 13.0 Å². The van der Waals surface area contributed by atoms with Gasteiger partial charge in [0.05, 0.1) is 18.9 Å². The summed E-state index contributed by atoms with van der Waals surface area (Å²) in [7, 11) is 3.78. The Labute approximate surface area is 114 Å². The van der Waals surface area contributed by atoms with Crippen LogP contribution >= 0.6 is 0 Å². The maximum absolute atomic E-state index is 5.79. The summed E-state index contributed by atoms with van der Waals surface area (Å²) in [5, 5.41) is 3.23. The van der Waals surface area contributed by atoms with Gasteiger partial charge in [-0.25, -0.2) is 9.97 Å². The standard InChI is InChI=1S/C13H22N4O2/c1-10-15-11(12-9-17(2)5-7-19-12)8-13(16-10)14-4-6-18-3/h8,12H,4-7,9H2,1-3H3,(H,14,15,16)/t12-/m1/s1. The van der Waals surface area contributed by atoms with Crippen LogP contribution in [0.3, 0.4) is 0 Å². The van der Waals surface area contributed by atoms with E-state index in [1.54, 1.807) is 7.11 Å². The summed E-state index contributed by atoms with van der Waals surface area (Å²) in [5.41, 5.74) is 0.943. The average Bonchev–Trinajstić information content (AvgIpc) is 2.38. The Morgan fingerprint density at radius 3 is 3.11 bits per heavy atom. The highest BCUT2D eigenvalue weighted by Gasteiger charge is 2.21. The van der Waals surface area contributed by atoms with Gasteiger partial charge in [-0.05, 0) is 14.0 Å². The third-order valence-electron chi connectivity index (χ3n) is 3.07. The van der Waals surface area contributed by atoms with E-state index in [2.05, 4.69) is 27.2 Å². The molecule has 0 saturated carbocycles. The molecule has 0 amide bonds. The van der Waals surface area contributed by atoms with Gasteiger partial charge >= 0.3 is 0 Å². The van der Waals surface area contributed by atoms with E-state index < -0.39 is 0 Å². The molecule has 0 aliphatic carbocycles. The smallest absolute Gasteiger partial charge is 0.130 e. The second-order valence-corrected chi connectivity index (χ2v) is 4.77. The van der Waals surface area contributed by atoms with Crippen molar-refractivity contribution in [2.45, 2.75) is 13.0 Å². The zero-order valence-electron chi connectivity index (χ0n) is 11.8. The molecule has 1 aromatic heterocycles. The first-order valence-electron chi connectivity index (χ1n) is 6.57. The van der Waals surface area contributed by atoms with Crippen molar-refractivity contribution in [2.75, 3.05) is 52.3 Å². The van der Waals surface area contributed by atoms with E-state index in [-0.39, 0.29) is 6.10 Å². The second-order valence-electron chi connectivity index (χ2n) is 4.77. The first-order valence-corrected chi connectivity index (χ1v) is 6.57. The first kappa shape index (κ1) is 14.2. The summed E-state index contributed by atoms with van der Waals surface area (Å²) in [6, 6.07) is 1.96. The van der Waals surface area contributed by atoms with Gasteiger partial charge in [0, 0.05) is 32.8 Å². The number of likely N-dealkylation sites (N-methyl/N-ethyl adjacent to an activating group) is 1. The van der Waals surface area contributed by atoms with Crippen molar-refractivity contribution in [1.29, 1.82) is 0 Å². The maximum Gasteiger partial charge on any atom is 0.130 e. The molecule has 19 heavy (non-hydrogen) atoms. The number of methoxy groups -OCH3 is 1. The molecule has 0 radical (unpaired) electrons. The third-order valence-corrected chi connectivity index (χ3v) is 3.07. The number of anilines is 1. The molecule has 2 rings (SSSR count). The molecule has 1 aliphatic rings. The summed E-state index contributed by atoms with van der Waals surface area (Å²) in [5.74, 6) is 1.59. The van der Waals surface area contributed by atoms with E-state index in [0.29, 0.717) is 6.61 Å². The molecule has 106 valence electrons. The number of nitrogens with one attached hydrogen (secondary N) is 1. The molecular formula is C13H22N4O2. The Bertz CT molecular complexity index is 414. The SMILES string of the molecule is COCCNc1cc([C@H]2CN(C)CCO2)nc(C)n1. The lowest BCUT2D eigenvalue weighted by Gasteiger charge is -2.29. The Morgan fingerprint density at radius 1 is 1.53 bits per heavy atom. The zero-order chi connectivity index (χ0) is 13.7. The van der Waals surface area contributed by atoms with Crippen LogP contribution in [0.4, 0.5) is 5.82 Å². The molecule has 0 unspecified atom stereocenters. The van der Waals surface area contributed by atoms with Gasteiger partial charge in [-0.2, -0.15) is 0 Å². The Morgan fingerprint density at radius 2 is 2.37 bits per heavy atom. The Balaban J connectivity index is 2.07. The predicted octanol–water partition coefficient (Wildman–Crippen LogP) is 0.846. The zero-order valence-corrected chi connectivity index (χ0v) is 11.8. The molecule has 6 nitrogen and oxygen atoms in total. The Kier molecular flexibility index (Phi) is 5.07. The van der Waals surface area contributed by atoms with E-state index in [4.69, 9.17) is 9.47 Å². The van der Waals surface area contributed by atoms with Crippen molar-refractivity contribution in [3.8, 4) is 0 Å². The summed E-state index contributed by atoms with van der Waals surface area (Å²) in [6.07, 6.45) is 0.0309. The quantitative estimate of drug-likeness (QED) is 0.797. The molecule has 1 N–H and O–H groups in total. The minimum atomic E-state index is 0.0309. The molecule has 1 saturated heterocycles. The molecule has 1 aromatic rings. The molecule has 0 spiro atoms. The summed E-state index contributed by atoms with van der Waals surface area (Å²) < 4.78 is 10.8. The number of ether oxygens (including phenoxy) is 2. The largest absolute Gasteiger partial charge is 0.383 e. The minimum absolute atomic E-state index is 0.0309. The fourth-order valence-electron chi connectivity index (χ4n) is 2.08. The monoisotopic (exact) mass is 266 g/mol. The van der Waals surface area contributed by atoms with Gasteiger partial charge in [-0.1, -0.05) is 0 Å². The summed E-state index contributed by atoms with van der Waals surface area (Å²) in [4.78, 5) is 11.1. The first-order chi connectivity index (χ1) is 9.19. The van der Waals surface area contributed by atoms with Crippen molar-refractivity contribution >= 4 is 5.82 Å². The fourth-order valence-corrected chi connectivity index (χ4v) is 2.08. The second kappa shape index (κ2) is 6.79. The fraction of sp³-hybridized carbons (Fsp3) is 0.692. The number of rotatable bonds is 5. The van der Waals surface area contributed by atoms with Crippen LogP contribution in [0.25, 0.3) is 0 Å². The lowest BCUT2D eigenvalue weighted by atomic mass is 10.2. The number of hydrogen-bond acceptors (Lipinski definition) is 6. The van der Waals surface area contributed by atoms with Crippen LogP contribution in [0.15, 0.2) is 6.07 Å². The summed E-state index contributed by atoms with van der Waals surface area (Å²) in [6.45, 7) is 5.88. The van der Waals surface area contributed by atoms with Gasteiger partial charge < -0.3 is 19.7 Å². The van der Waals surface area contributed by atoms with Gasteiger partial charge in [-0.3, -0.25) is 0 Å². The molecule has 1 aliphatic heterocycles. The third kappa shape index (κ3) is 4.12. The van der Waals surface area contributed by atoms with E-state index in [9.17, 15) is 0 Å². The highest BCUT2D eigenvalue weighted by atomic mass is 16.5. The van der Waals surface area contributed by atoms with Crippen LogP contribution in [0.5, 0.6) is 0 Å². The lowest BCUT2D eigenvalue weighted by molar-refractivity contribution is -0.0232. The van der Waals surface area contributed by atoms with E-state index >= 15 is 0 Å². The number of aryl methyl sites for hydroxylation is 1. The van der Waals surface area contributed by atoms with Crippen LogP contribution in [-0.4, -0.2) is 61.9 Å². The molecule has 6 heteroatoms. The number of aromatic nitrogens is 2. The van der Waals surface area contributed by atoms with Gasteiger partial charge in [0.1, 0.15) is 17.7 Å². The van der Waals surface area contributed by atoms with Crippen LogP contribution < -0.4 is 5.32 Å². The number of nitrogens with zero attached hydrogens (tertiary/aromatic N) is 3. The van der Waals surface area contributed by atoms with Gasteiger partial charge in [0.15, 0.2) is 0 Å². The van der Waals surface area contributed by atoms with Gasteiger partial charge in [-0.15, -0.1) is 0 Å². The van der Waals surface area contributed by atoms with E-state index in [1.165, 1.54) is 0 Å². The molecule has 0 bridgehead atoms. The van der Waals surface area contributed by atoms with Crippen LogP contribution in [-0.2, 0) is 9.47 Å². The Hall–Kier alpha value is -1.24. The van der Waals surface area contributed by atoms with Crippen molar-refractivity contribution in [2.24, 2.45) is 0 Å². The topological polar surface area (TPSA) is 59.5 Å². The summed E-state index contributed by atoms with van der Waals surface area (Å²) >= 11 is 0. The van der Waals surface area contributed by atoms with Gasteiger partial charge in [0.25, 0.3) is 0 Å². The van der Waals surface area contributed by atoms with Crippen LogP contribution in [0.1, 0.15) is 17.6 Å². The van der Waals surface area contributed by atoms with Crippen molar-refractivity contribution in [3.63, 3.8) is 0 Å². The highest BCUT2D eigenvalue weighted by Crippen LogP contribution is 2.21. The van der Waals surface area contributed by atoms with Crippen molar-refractivity contribution < 1.29 is 9.47 Å². The van der Waals surface area contributed by atoms with Crippen molar-refractivity contribution in [3.05, 3.63) is 17.6 Å². The average molecular weight is 266 g/mol.